The Labute approximate surface area is 236 Å². The Morgan fingerprint density at radius 2 is 1.57 bits per heavy atom. The molecule has 4 bridgehead atoms. The van der Waals surface area contributed by atoms with E-state index in [-0.39, 0.29) is 28.8 Å². The second-order valence-electron chi connectivity index (χ2n) is 10.5. The number of rotatable bonds is 3. The first-order chi connectivity index (χ1) is 18.9. The zero-order valence-corrected chi connectivity index (χ0v) is 24.7. The number of nitrogens with zero attached hydrogens (tertiary/aromatic N) is 2. The molecule has 0 spiro atoms. The van der Waals surface area contributed by atoms with Gasteiger partial charge in [0.25, 0.3) is 15.9 Å². The first-order valence-corrected chi connectivity index (χ1v) is 17.1. The van der Waals surface area contributed by atoms with Crippen molar-refractivity contribution in [3.05, 3.63) is 95.1 Å². The van der Waals surface area contributed by atoms with E-state index >= 15 is 0 Å². The molecule has 1 aliphatic heterocycles. The lowest BCUT2D eigenvalue weighted by Crippen LogP contribution is -2.31. The Balaban J connectivity index is 1.66. The smallest absolute Gasteiger partial charge is 0.264 e. The number of carbonyl (C=O) groups excluding carboxylic acids is 1. The summed E-state index contributed by atoms with van der Waals surface area (Å²) in [5, 5.41) is 2.91. The quantitative estimate of drug-likeness (QED) is 0.334. The number of amides is 1. The third kappa shape index (κ3) is 5.83. The van der Waals surface area contributed by atoms with Gasteiger partial charge in [0.1, 0.15) is 6.10 Å². The molecule has 1 unspecified atom stereocenters. The summed E-state index contributed by atoms with van der Waals surface area (Å²) in [7, 11) is -5.02. The molecule has 0 radical (unpaired) electrons. The molecular weight excluding hydrogens is 544 g/mol. The first kappa shape index (κ1) is 27.7. The molecule has 0 fully saturated rings. The molecule has 8 nitrogen and oxygen atoms in total. The van der Waals surface area contributed by atoms with Crippen LogP contribution in [-0.4, -0.2) is 49.6 Å². The predicted molar refractivity (Wildman–Crippen MR) is 160 cm³/mol. The number of hydrogen-bond acceptors (Lipinski definition) is 6. The standard InChI is InChI=1S/C30H32N4O4S2/c1-19-8-6-9-20(2)28(19)25-17-27-33-30(32-25)34-40(36,37)24-11-7-10-22(16-24)29(35)31-18-26(38-27)21-12-14-23(15-13-21)39(3,4)5/h6-17,26H,18H2,1-5H3,(H,31,35)(H,32,33,34). The molecular formula is C30H32N4O4S2. The van der Waals surface area contributed by atoms with Crippen molar-refractivity contribution in [1.29, 1.82) is 0 Å². The molecule has 1 aliphatic rings. The SMILES string of the molecule is Cc1cccc(C)c1-c1cc2nc(n1)NS(=O)(=O)c1cccc(c1)C(=O)NCC(c1ccc(S(C)(C)C)cc1)O2. The van der Waals surface area contributed by atoms with Crippen LogP contribution in [-0.2, 0) is 10.0 Å². The van der Waals surface area contributed by atoms with Crippen LogP contribution in [0.15, 0.2) is 82.6 Å². The van der Waals surface area contributed by atoms with Crippen LogP contribution in [0, 0.1) is 13.8 Å². The summed E-state index contributed by atoms with van der Waals surface area (Å²) in [5.41, 5.74) is 4.42. The van der Waals surface area contributed by atoms with Gasteiger partial charge in [0.05, 0.1) is 17.1 Å². The lowest BCUT2D eigenvalue weighted by molar-refractivity contribution is 0.0925. The number of aromatic nitrogens is 2. The maximum atomic E-state index is 13.3. The lowest BCUT2D eigenvalue weighted by atomic mass is 10.00. The Hall–Kier alpha value is -3.89. The Bertz CT molecular complexity index is 1680. The van der Waals surface area contributed by atoms with Gasteiger partial charge in [-0.1, -0.05) is 36.4 Å². The average Bonchev–Trinajstić information content (AvgIpc) is 2.90. The molecule has 40 heavy (non-hydrogen) atoms. The van der Waals surface area contributed by atoms with Gasteiger partial charge in [0.2, 0.25) is 11.8 Å². The lowest BCUT2D eigenvalue weighted by Gasteiger charge is -2.27. The number of carbonyl (C=O) groups is 1. The zero-order chi connectivity index (χ0) is 28.7. The van der Waals surface area contributed by atoms with Crippen LogP contribution < -0.4 is 14.8 Å². The van der Waals surface area contributed by atoms with E-state index in [1.54, 1.807) is 12.1 Å². The maximum Gasteiger partial charge on any atom is 0.264 e. The minimum Gasteiger partial charge on any atom is -0.467 e. The van der Waals surface area contributed by atoms with Crippen LogP contribution in [0.25, 0.3) is 11.3 Å². The second-order valence-corrected chi connectivity index (χ2v) is 16.4. The van der Waals surface area contributed by atoms with Crippen molar-refractivity contribution in [2.45, 2.75) is 29.7 Å². The highest BCUT2D eigenvalue weighted by atomic mass is 32.3. The average molecular weight is 577 g/mol. The molecule has 0 aliphatic carbocycles. The van der Waals surface area contributed by atoms with Crippen molar-refractivity contribution in [3.63, 3.8) is 0 Å². The molecule has 4 aromatic rings. The van der Waals surface area contributed by atoms with Gasteiger partial charge < -0.3 is 10.1 Å². The van der Waals surface area contributed by atoms with E-state index in [0.29, 0.717) is 5.69 Å². The van der Waals surface area contributed by atoms with Crippen molar-refractivity contribution in [2.75, 3.05) is 30.0 Å². The Morgan fingerprint density at radius 3 is 2.25 bits per heavy atom. The highest BCUT2D eigenvalue weighted by Gasteiger charge is 2.24. The van der Waals surface area contributed by atoms with Gasteiger partial charge in [-0.25, -0.2) is 28.2 Å². The van der Waals surface area contributed by atoms with Gasteiger partial charge >= 0.3 is 0 Å². The van der Waals surface area contributed by atoms with E-state index in [9.17, 15) is 13.2 Å². The normalized spacial score (nSPS) is 17.2. The van der Waals surface area contributed by atoms with Crippen LogP contribution >= 0.6 is 10.0 Å². The summed E-state index contributed by atoms with van der Waals surface area (Å²) in [5.74, 6) is -0.347. The number of benzene rings is 3. The fourth-order valence-corrected chi connectivity index (χ4v) is 6.55. The van der Waals surface area contributed by atoms with Gasteiger partial charge in [-0.05, 0) is 84.5 Å². The van der Waals surface area contributed by atoms with E-state index in [1.807, 2.05) is 44.2 Å². The number of fused-ring (bicyclic) bond motifs is 4. The fraction of sp³-hybridized carbons (Fsp3) is 0.233. The zero-order valence-electron chi connectivity index (χ0n) is 23.1. The molecule has 1 aromatic heterocycles. The summed E-state index contributed by atoms with van der Waals surface area (Å²) in [6.45, 7) is 4.09. The first-order valence-electron chi connectivity index (χ1n) is 12.7. The minimum absolute atomic E-state index is 0.0697. The van der Waals surface area contributed by atoms with E-state index < -0.39 is 32.1 Å². The Morgan fingerprint density at radius 1 is 0.900 bits per heavy atom. The second kappa shape index (κ2) is 10.6. The number of nitrogens with one attached hydrogen (secondary N) is 2. The number of hydrogen-bond donors (Lipinski definition) is 2. The summed E-state index contributed by atoms with van der Waals surface area (Å²) in [4.78, 5) is 23.2. The van der Waals surface area contributed by atoms with Gasteiger partial charge in [-0.2, -0.15) is 4.98 Å². The largest absolute Gasteiger partial charge is 0.467 e. The highest BCUT2D eigenvalue weighted by molar-refractivity contribution is 8.32. The monoisotopic (exact) mass is 576 g/mol. The maximum absolute atomic E-state index is 13.3. The molecule has 1 atom stereocenters. The van der Waals surface area contributed by atoms with E-state index in [0.717, 1.165) is 22.3 Å². The van der Waals surface area contributed by atoms with Crippen molar-refractivity contribution in [1.82, 2.24) is 15.3 Å². The summed E-state index contributed by atoms with van der Waals surface area (Å²) in [6, 6.07) is 21.6. The van der Waals surface area contributed by atoms with Crippen LogP contribution in [0.1, 0.15) is 33.2 Å². The highest BCUT2D eigenvalue weighted by Crippen LogP contribution is 2.45. The number of aryl methyl sites for hydroxylation is 2. The van der Waals surface area contributed by atoms with Crippen LogP contribution in [0.5, 0.6) is 5.88 Å². The number of ether oxygens (including phenoxy) is 1. The van der Waals surface area contributed by atoms with Crippen molar-refractivity contribution < 1.29 is 17.9 Å². The fourth-order valence-electron chi connectivity index (χ4n) is 4.61. The van der Waals surface area contributed by atoms with Crippen molar-refractivity contribution in [2.24, 2.45) is 0 Å². The minimum atomic E-state index is -4.09. The molecule has 0 saturated heterocycles. The summed E-state index contributed by atoms with van der Waals surface area (Å²) in [6.07, 6.45) is 6.08. The molecule has 2 heterocycles. The number of anilines is 1. The topological polar surface area (TPSA) is 110 Å². The van der Waals surface area contributed by atoms with Crippen molar-refractivity contribution in [3.8, 4) is 17.1 Å². The summed E-state index contributed by atoms with van der Waals surface area (Å²) < 4.78 is 35.5. The van der Waals surface area contributed by atoms with Crippen molar-refractivity contribution >= 4 is 31.9 Å². The van der Waals surface area contributed by atoms with E-state index in [4.69, 9.17) is 4.74 Å². The molecule has 2 N–H and O–H groups in total. The van der Waals surface area contributed by atoms with Gasteiger partial charge in [0.15, 0.2) is 0 Å². The number of sulfonamides is 1. The van der Waals surface area contributed by atoms with Crippen LogP contribution in [0.3, 0.4) is 0 Å². The van der Waals surface area contributed by atoms with Gasteiger partial charge in [-0.3, -0.25) is 4.79 Å². The Kier molecular flexibility index (Phi) is 7.32. The van der Waals surface area contributed by atoms with E-state index in [2.05, 4.69) is 50.9 Å². The third-order valence-electron chi connectivity index (χ3n) is 6.74. The third-order valence-corrected chi connectivity index (χ3v) is 9.75. The van der Waals surface area contributed by atoms with Crippen LogP contribution in [0.4, 0.5) is 5.95 Å². The molecule has 1 amide bonds. The molecule has 10 heteroatoms. The van der Waals surface area contributed by atoms with Gasteiger partial charge in [-0.15, -0.1) is 0 Å². The summed E-state index contributed by atoms with van der Waals surface area (Å²) >= 11 is 0. The predicted octanol–water partition coefficient (Wildman–Crippen LogP) is 5.48. The molecule has 0 saturated carbocycles. The van der Waals surface area contributed by atoms with E-state index in [1.165, 1.54) is 23.1 Å². The van der Waals surface area contributed by atoms with Gasteiger partial charge in [0, 0.05) is 17.2 Å². The molecule has 5 rings (SSSR count). The molecule has 3 aromatic carbocycles. The van der Waals surface area contributed by atoms with Crippen LogP contribution in [0.2, 0.25) is 0 Å². The molecule has 208 valence electrons.